The number of benzene rings is 3. The quantitative estimate of drug-likeness (QED) is 0.147. The van der Waals surface area contributed by atoms with E-state index < -0.39 is 0 Å². The molecule has 0 bridgehead atoms. The highest BCUT2D eigenvalue weighted by molar-refractivity contribution is 6.30. The molecule has 4 nitrogen and oxygen atoms in total. The normalized spacial score (nSPS) is 14.5. The van der Waals surface area contributed by atoms with E-state index in [0.717, 1.165) is 54.3 Å². The Morgan fingerprint density at radius 2 is 1.78 bits per heavy atom. The SMILES string of the molecule is CN(C)C=Nc1ccc(C2Cc3cnc(CCCCc4cccc(Cl)c4)nc3-c3ccccc32)cc1. The minimum Gasteiger partial charge on any atom is -0.369 e. The number of fused-ring (bicyclic) bond motifs is 3. The van der Waals surface area contributed by atoms with E-state index in [1.54, 1.807) is 0 Å². The van der Waals surface area contributed by atoms with Gasteiger partial charge in [-0.1, -0.05) is 60.1 Å². The van der Waals surface area contributed by atoms with E-state index in [2.05, 4.69) is 65.7 Å². The fraction of sp³-hybridized carbons (Fsp3) is 0.258. The summed E-state index contributed by atoms with van der Waals surface area (Å²) in [6.07, 6.45) is 8.83. The molecule has 5 heteroatoms. The number of hydrogen-bond donors (Lipinski definition) is 0. The van der Waals surface area contributed by atoms with E-state index in [1.165, 1.54) is 27.8 Å². The number of rotatable bonds is 8. The van der Waals surface area contributed by atoms with Crippen molar-refractivity contribution in [2.24, 2.45) is 4.99 Å². The zero-order valence-electron chi connectivity index (χ0n) is 20.9. The summed E-state index contributed by atoms with van der Waals surface area (Å²) < 4.78 is 0. The molecule has 0 saturated heterocycles. The molecule has 0 saturated carbocycles. The molecule has 1 heterocycles. The Balaban J connectivity index is 1.31. The van der Waals surface area contributed by atoms with Crippen molar-refractivity contribution >= 4 is 23.6 Å². The van der Waals surface area contributed by atoms with Crippen molar-refractivity contribution in [2.45, 2.75) is 38.0 Å². The standard InChI is InChI=1S/C31H31ClN4/c1-36(2)21-34-26-16-14-23(15-17-26)29-19-24-20-33-30(35-31(24)28-12-5-4-11-27(28)29)13-6-3-8-22-9-7-10-25(32)18-22/h4-5,7,9-12,14-18,20-21,29H,3,6,8,13,19H2,1-2H3. The zero-order valence-corrected chi connectivity index (χ0v) is 21.6. The highest BCUT2D eigenvalue weighted by atomic mass is 35.5. The molecule has 0 aliphatic heterocycles. The summed E-state index contributed by atoms with van der Waals surface area (Å²) in [6, 6.07) is 25.4. The Hall–Kier alpha value is -3.50. The summed E-state index contributed by atoms with van der Waals surface area (Å²) in [6.45, 7) is 0. The average molecular weight is 495 g/mol. The second-order valence-corrected chi connectivity index (χ2v) is 10.1. The number of aryl methyl sites for hydroxylation is 2. The minimum atomic E-state index is 0.285. The van der Waals surface area contributed by atoms with Gasteiger partial charge in [-0.3, -0.25) is 0 Å². The second-order valence-electron chi connectivity index (χ2n) is 9.64. The van der Waals surface area contributed by atoms with E-state index >= 15 is 0 Å². The number of aliphatic imine (C=N–C) groups is 1. The maximum atomic E-state index is 6.11. The zero-order chi connectivity index (χ0) is 24.9. The van der Waals surface area contributed by atoms with Crippen molar-refractivity contribution in [3.8, 4) is 11.3 Å². The summed E-state index contributed by atoms with van der Waals surface area (Å²) in [7, 11) is 3.95. The van der Waals surface area contributed by atoms with Gasteiger partial charge in [-0.05, 0) is 72.2 Å². The maximum absolute atomic E-state index is 6.11. The molecular weight excluding hydrogens is 464 g/mol. The summed E-state index contributed by atoms with van der Waals surface area (Å²) in [5.41, 5.74) is 8.40. The third kappa shape index (κ3) is 5.66. The number of unbranched alkanes of at least 4 members (excludes halogenated alkanes) is 1. The molecule has 4 aromatic rings. The molecule has 1 unspecified atom stereocenters. The fourth-order valence-corrected chi connectivity index (χ4v) is 5.08. The Morgan fingerprint density at radius 1 is 0.972 bits per heavy atom. The van der Waals surface area contributed by atoms with Gasteiger partial charge in [-0.2, -0.15) is 0 Å². The lowest BCUT2D eigenvalue weighted by atomic mass is 9.78. The van der Waals surface area contributed by atoms with Crippen molar-refractivity contribution in [2.75, 3.05) is 14.1 Å². The first kappa shape index (κ1) is 24.2. The predicted molar refractivity (Wildman–Crippen MR) is 149 cm³/mol. The Kier molecular flexibility index (Phi) is 7.43. The van der Waals surface area contributed by atoms with Crippen LogP contribution in [-0.4, -0.2) is 35.3 Å². The van der Waals surface area contributed by atoms with Gasteiger partial charge >= 0.3 is 0 Å². The van der Waals surface area contributed by atoms with Gasteiger partial charge in [0.05, 0.1) is 17.7 Å². The predicted octanol–water partition coefficient (Wildman–Crippen LogP) is 7.27. The highest BCUT2D eigenvalue weighted by Gasteiger charge is 2.27. The molecule has 36 heavy (non-hydrogen) atoms. The van der Waals surface area contributed by atoms with Gasteiger partial charge in [0.1, 0.15) is 5.82 Å². The van der Waals surface area contributed by atoms with Gasteiger partial charge in [-0.25, -0.2) is 15.0 Å². The first-order chi connectivity index (χ1) is 17.6. The van der Waals surface area contributed by atoms with E-state index in [0.29, 0.717) is 0 Å². The maximum Gasteiger partial charge on any atom is 0.128 e. The Labute approximate surface area is 218 Å². The van der Waals surface area contributed by atoms with E-state index in [4.69, 9.17) is 21.6 Å². The Bertz CT molecular complexity index is 1360. The topological polar surface area (TPSA) is 41.4 Å². The van der Waals surface area contributed by atoms with Crippen LogP contribution in [0.2, 0.25) is 5.02 Å². The van der Waals surface area contributed by atoms with Gasteiger partial charge < -0.3 is 4.90 Å². The van der Waals surface area contributed by atoms with Crippen molar-refractivity contribution in [1.82, 2.24) is 14.9 Å². The number of nitrogens with zero attached hydrogens (tertiary/aromatic N) is 4. The van der Waals surface area contributed by atoms with Gasteiger partial charge in [0.2, 0.25) is 0 Å². The van der Waals surface area contributed by atoms with Gasteiger partial charge in [-0.15, -0.1) is 0 Å². The number of hydrogen-bond acceptors (Lipinski definition) is 3. The first-order valence-electron chi connectivity index (χ1n) is 12.6. The molecule has 1 aliphatic carbocycles. The fourth-order valence-electron chi connectivity index (χ4n) is 4.87. The van der Waals surface area contributed by atoms with E-state index in [9.17, 15) is 0 Å². The largest absolute Gasteiger partial charge is 0.369 e. The third-order valence-corrected chi connectivity index (χ3v) is 6.90. The number of aromatic nitrogens is 2. The van der Waals surface area contributed by atoms with E-state index in [1.807, 2.05) is 43.7 Å². The molecule has 0 fully saturated rings. The van der Waals surface area contributed by atoms with Crippen molar-refractivity contribution < 1.29 is 0 Å². The molecule has 1 aromatic heterocycles. The van der Waals surface area contributed by atoms with Gasteiger partial charge in [0.25, 0.3) is 0 Å². The van der Waals surface area contributed by atoms with Crippen LogP contribution in [0.3, 0.4) is 0 Å². The van der Waals surface area contributed by atoms with Crippen LogP contribution in [0.1, 0.15) is 46.8 Å². The van der Waals surface area contributed by atoms with Crippen LogP contribution < -0.4 is 0 Å². The van der Waals surface area contributed by atoms with Crippen LogP contribution in [0.25, 0.3) is 11.3 Å². The van der Waals surface area contributed by atoms with Crippen LogP contribution in [0, 0.1) is 0 Å². The molecule has 0 amide bonds. The summed E-state index contributed by atoms with van der Waals surface area (Å²) in [4.78, 5) is 16.2. The van der Waals surface area contributed by atoms with Crippen LogP contribution in [0.15, 0.2) is 84.0 Å². The van der Waals surface area contributed by atoms with Gasteiger partial charge in [0.15, 0.2) is 0 Å². The minimum absolute atomic E-state index is 0.285. The molecule has 0 spiro atoms. The number of halogens is 1. The van der Waals surface area contributed by atoms with Gasteiger partial charge in [0, 0.05) is 43.2 Å². The molecule has 1 atom stereocenters. The molecule has 1 aliphatic rings. The van der Waals surface area contributed by atoms with Crippen molar-refractivity contribution in [3.63, 3.8) is 0 Å². The van der Waals surface area contributed by atoms with Crippen LogP contribution in [0.5, 0.6) is 0 Å². The Morgan fingerprint density at radius 3 is 2.58 bits per heavy atom. The first-order valence-corrected chi connectivity index (χ1v) is 12.9. The molecular formula is C31H31ClN4. The monoisotopic (exact) mass is 494 g/mol. The van der Waals surface area contributed by atoms with Crippen molar-refractivity contribution in [3.05, 3.63) is 112 Å². The van der Waals surface area contributed by atoms with Crippen molar-refractivity contribution in [1.29, 1.82) is 0 Å². The van der Waals surface area contributed by atoms with Crippen LogP contribution in [-0.2, 0) is 19.3 Å². The summed E-state index contributed by atoms with van der Waals surface area (Å²) in [5, 5.41) is 0.802. The van der Waals surface area contributed by atoms with Crippen LogP contribution >= 0.6 is 11.6 Å². The summed E-state index contributed by atoms with van der Waals surface area (Å²) in [5.74, 6) is 1.21. The van der Waals surface area contributed by atoms with E-state index in [-0.39, 0.29) is 5.92 Å². The molecule has 5 rings (SSSR count). The smallest absolute Gasteiger partial charge is 0.128 e. The summed E-state index contributed by atoms with van der Waals surface area (Å²) >= 11 is 6.11. The lowest BCUT2D eigenvalue weighted by Crippen LogP contribution is -2.15. The average Bonchev–Trinajstić information content (AvgIpc) is 2.90. The third-order valence-electron chi connectivity index (χ3n) is 6.67. The lowest BCUT2D eigenvalue weighted by molar-refractivity contribution is 0.643. The lowest BCUT2D eigenvalue weighted by Gasteiger charge is -2.27. The molecule has 182 valence electrons. The molecule has 0 radical (unpaired) electrons. The highest BCUT2D eigenvalue weighted by Crippen LogP contribution is 2.41. The van der Waals surface area contributed by atoms with Crippen LogP contribution in [0.4, 0.5) is 5.69 Å². The second kappa shape index (κ2) is 11.0. The molecule has 3 aromatic carbocycles. The molecule has 0 N–H and O–H groups in total.